The largest absolute Gasteiger partial charge is 0.550 e. The molecule has 180 valence electrons. The Bertz CT molecular complexity index is 475. The number of nitrogens with zero attached hydrogens (tertiary/aromatic N) is 1. The normalized spacial score (nSPS) is 11.4. The van der Waals surface area contributed by atoms with Gasteiger partial charge in [-0.05, 0) is 25.7 Å². The van der Waals surface area contributed by atoms with Gasteiger partial charge in [-0.25, -0.2) is 0 Å². The van der Waals surface area contributed by atoms with Gasteiger partial charge in [-0.2, -0.15) is 0 Å². The quantitative estimate of drug-likeness (QED) is 0.142. The van der Waals surface area contributed by atoms with Gasteiger partial charge in [0.1, 0.15) is 0 Å². The second-order valence-corrected chi connectivity index (χ2v) is 8.61. The van der Waals surface area contributed by atoms with Gasteiger partial charge in [0.15, 0.2) is 0 Å². The van der Waals surface area contributed by atoms with Crippen molar-refractivity contribution in [2.45, 2.75) is 96.3 Å². The minimum atomic E-state index is -1.19. The third-order valence-corrected chi connectivity index (χ3v) is 5.93. The molecule has 0 unspecified atom stereocenters. The molecule has 0 radical (unpaired) electrons. The summed E-state index contributed by atoms with van der Waals surface area (Å²) in [5.41, 5.74) is 0. The van der Waals surface area contributed by atoms with E-state index < -0.39 is 17.9 Å². The van der Waals surface area contributed by atoms with Crippen molar-refractivity contribution in [1.29, 1.82) is 0 Å². The molecule has 0 aromatic rings. The number of carbonyl (C=O) groups excluding carboxylic acids is 1. The van der Waals surface area contributed by atoms with Gasteiger partial charge in [-0.1, -0.05) is 57.4 Å². The molecule has 0 aliphatic heterocycles. The van der Waals surface area contributed by atoms with E-state index in [1.165, 1.54) is 51.4 Å². The lowest BCUT2D eigenvalue weighted by Gasteiger charge is -2.38. The summed E-state index contributed by atoms with van der Waals surface area (Å²) in [4.78, 5) is 33.1. The summed E-state index contributed by atoms with van der Waals surface area (Å²) < 4.78 is 0.221. The Kier molecular flexibility index (Phi) is 17.7. The molecule has 7 nitrogen and oxygen atoms in total. The summed E-state index contributed by atoms with van der Waals surface area (Å²) in [5, 5.41) is 29.1. The van der Waals surface area contributed by atoms with Crippen molar-refractivity contribution < 1.29 is 34.2 Å². The van der Waals surface area contributed by atoms with Crippen molar-refractivity contribution in [2.24, 2.45) is 0 Å². The van der Waals surface area contributed by atoms with E-state index in [2.05, 4.69) is 6.58 Å². The first-order chi connectivity index (χ1) is 14.8. The highest BCUT2D eigenvalue weighted by Crippen LogP contribution is 2.17. The first-order valence-corrected chi connectivity index (χ1v) is 11.9. The number of allylic oxidation sites excluding steroid dienone is 1. The van der Waals surface area contributed by atoms with E-state index in [0.29, 0.717) is 6.54 Å². The second kappa shape index (κ2) is 18.8. The minimum absolute atomic E-state index is 0.0970. The maximum Gasteiger partial charge on any atom is 0.309 e. The molecule has 0 aliphatic carbocycles. The van der Waals surface area contributed by atoms with E-state index in [-0.39, 0.29) is 43.4 Å². The Morgan fingerprint density at radius 2 is 1.03 bits per heavy atom. The van der Waals surface area contributed by atoms with Crippen molar-refractivity contribution in [3.63, 3.8) is 0 Å². The number of rotatable bonds is 23. The van der Waals surface area contributed by atoms with Crippen molar-refractivity contribution in [2.75, 3.05) is 26.2 Å². The van der Waals surface area contributed by atoms with Gasteiger partial charge in [0.05, 0.1) is 39.0 Å². The van der Waals surface area contributed by atoms with Gasteiger partial charge < -0.3 is 24.6 Å². The molecule has 0 saturated carbocycles. The number of quaternary nitrogens is 1. The molecule has 7 heteroatoms. The Morgan fingerprint density at radius 1 is 0.645 bits per heavy atom. The van der Waals surface area contributed by atoms with Gasteiger partial charge in [0, 0.05) is 12.4 Å². The van der Waals surface area contributed by atoms with Crippen LogP contribution in [-0.4, -0.2) is 58.8 Å². The Hall–Kier alpha value is -1.89. The summed E-state index contributed by atoms with van der Waals surface area (Å²) in [6, 6.07) is 0. The van der Waals surface area contributed by atoms with Crippen LogP contribution in [0.1, 0.15) is 96.3 Å². The molecule has 0 saturated heterocycles. The number of carboxylic acid groups (broad SMARTS) is 3. The zero-order valence-electron chi connectivity index (χ0n) is 19.2. The highest BCUT2D eigenvalue weighted by atomic mass is 16.4. The van der Waals surface area contributed by atoms with Crippen LogP contribution in [0.2, 0.25) is 0 Å². The van der Waals surface area contributed by atoms with Crippen LogP contribution in [0, 0.1) is 0 Å². The van der Waals surface area contributed by atoms with Crippen LogP contribution in [0.25, 0.3) is 0 Å². The molecular formula is C24H43NO6. The molecule has 0 aromatic heterocycles. The van der Waals surface area contributed by atoms with Crippen molar-refractivity contribution in [3.8, 4) is 0 Å². The van der Waals surface area contributed by atoms with Crippen molar-refractivity contribution >= 4 is 17.9 Å². The average molecular weight is 442 g/mol. The molecular weight excluding hydrogens is 398 g/mol. The Morgan fingerprint density at radius 3 is 1.42 bits per heavy atom. The molecule has 0 rings (SSSR count). The van der Waals surface area contributed by atoms with Crippen molar-refractivity contribution in [3.05, 3.63) is 12.7 Å². The molecule has 0 amide bonds. The topological polar surface area (TPSA) is 115 Å². The predicted molar refractivity (Wildman–Crippen MR) is 119 cm³/mol. The second-order valence-electron chi connectivity index (χ2n) is 8.61. The minimum Gasteiger partial charge on any atom is -0.550 e. The number of hydrogen-bond acceptors (Lipinski definition) is 4. The van der Waals surface area contributed by atoms with Gasteiger partial charge in [-0.3, -0.25) is 9.59 Å². The molecule has 0 aliphatic rings. The fourth-order valence-electron chi connectivity index (χ4n) is 3.99. The lowest BCUT2D eigenvalue weighted by molar-refractivity contribution is -0.927. The number of carboxylic acids is 3. The number of aliphatic carboxylic acids is 3. The Labute approximate surface area is 187 Å². The van der Waals surface area contributed by atoms with Crippen LogP contribution in [0.5, 0.6) is 0 Å². The molecule has 0 atom stereocenters. The molecule has 0 bridgehead atoms. The predicted octanol–water partition coefficient (Wildman–Crippen LogP) is 3.76. The highest BCUT2D eigenvalue weighted by Gasteiger charge is 2.28. The smallest absolute Gasteiger partial charge is 0.309 e. The van der Waals surface area contributed by atoms with Crippen molar-refractivity contribution in [1.82, 2.24) is 0 Å². The monoisotopic (exact) mass is 441 g/mol. The zero-order valence-corrected chi connectivity index (χ0v) is 19.2. The lowest BCUT2D eigenvalue weighted by Crippen LogP contribution is -2.53. The summed E-state index contributed by atoms with van der Waals surface area (Å²) in [5.74, 6) is -3.09. The van der Waals surface area contributed by atoms with E-state index in [9.17, 15) is 19.5 Å². The lowest BCUT2D eigenvalue weighted by atomic mass is 10.0. The fraction of sp³-hybridized carbons (Fsp3) is 0.792. The van der Waals surface area contributed by atoms with E-state index in [1.54, 1.807) is 0 Å². The first kappa shape index (κ1) is 29.1. The SMILES string of the molecule is C=CCCCCCCCCCCCCC[N+](CCC(=O)[O-])(CCC(=O)O)CCC(=O)O. The average Bonchev–Trinajstić information content (AvgIpc) is 2.72. The van der Waals surface area contributed by atoms with E-state index >= 15 is 0 Å². The molecule has 2 N–H and O–H groups in total. The zero-order chi connectivity index (χ0) is 23.4. The maximum atomic E-state index is 11.1. The number of unbranched alkanes of at least 4 members (excludes halogenated alkanes) is 11. The van der Waals surface area contributed by atoms with Crippen LogP contribution < -0.4 is 5.11 Å². The summed E-state index contributed by atoms with van der Waals surface area (Å²) in [7, 11) is 0. The third kappa shape index (κ3) is 18.6. The molecule has 0 heterocycles. The summed E-state index contributed by atoms with van der Waals surface area (Å²) >= 11 is 0. The van der Waals surface area contributed by atoms with Crippen LogP contribution in [0.3, 0.4) is 0 Å². The third-order valence-electron chi connectivity index (χ3n) is 5.93. The molecule has 31 heavy (non-hydrogen) atoms. The van der Waals surface area contributed by atoms with Gasteiger partial charge in [0.25, 0.3) is 0 Å². The van der Waals surface area contributed by atoms with Gasteiger partial charge in [-0.15, -0.1) is 6.58 Å². The summed E-state index contributed by atoms with van der Waals surface area (Å²) in [6.07, 6.45) is 15.7. The van der Waals surface area contributed by atoms with E-state index in [4.69, 9.17) is 10.2 Å². The highest BCUT2D eigenvalue weighted by molar-refractivity contribution is 5.67. The summed E-state index contributed by atoms with van der Waals surface area (Å²) in [6.45, 7) is 5.07. The van der Waals surface area contributed by atoms with Crippen LogP contribution in [-0.2, 0) is 14.4 Å². The molecule has 0 spiro atoms. The molecule has 0 fully saturated rings. The molecule has 0 aromatic carbocycles. The van der Waals surface area contributed by atoms with Gasteiger partial charge >= 0.3 is 11.9 Å². The fourth-order valence-corrected chi connectivity index (χ4v) is 3.99. The van der Waals surface area contributed by atoms with Crippen LogP contribution in [0.15, 0.2) is 12.7 Å². The van der Waals surface area contributed by atoms with E-state index in [1.807, 2.05) is 6.08 Å². The maximum absolute atomic E-state index is 11.1. The first-order valence-electron chi connectivity index (χ1n) is 11.9. The van der Waals surface area contributed by atoms with Crippen LogP contribution >= 0.6 is 0 Å². The van der Waals surface area contributed by atoms with Gasteiger partial charge in [0.2, 0.25) is 0 Å². The Balaban J connectivity index is 4.23. The van der Waals surface area contributed by atoms with E-state index in [0.717, 1.165) is 25.7 Å². The number of carbonyl (C=O) groups is 3. The standard InChI is InChI=1S/C24H43NO6/c1-2-3-4-5-6-7-8-9-10-11-12-13-14-18-25(19-15-22(26)27,20-16-23(28)29)21-17-24(30)31/h2H,1,3-21H2,(H2-,26,27,28,29,30,31). The number of hydrogen-bond donors (Lipinski definition) is 2. The van der Waals surface area contributed by atoms with Crippen LogP contribution in [0.4, 0.5) is 0 Å².